The van der Waals surface area contributed by atoms with Crippen LogP contribution < -0.4 is 10.5 Å². The van der Waals surface area contributed by atoms with Crippen LogP contribution in [0, 0.1) is 0 Å². The van der Waals surface area contributed by atoms with Crippen LogP contribution >= 0.6 is 12.4 Å². The standard InChI is InChI=1S/C11H23N3O3S.ClH/c1-9(10(15)14(2)3)18(16,17)13-11(8-12)6-4-5-7-11;/h9,13H,4-8,12H2,1-3H3;1H. The van der Waals surface area contributed by atoms with Gasteiger partial charge in [0.25, 0.3) is 0 Å². The molecule has 19 heavy (non-hydrogen) atoms. The summed E-state index contributed by atoms with van der Waals surface area (Å²) in [6, 6.07) is 0. The molecule has 1 fully saturated rings. The van der Waals surface area contributed by atoms with E-state index < -0.39 is 26.7 Å². The van der Waals surface area contributed by atoms with Crippen LogP contribution in [0.5, 0.6) is 0 Å². The Hall–Kier alpha value is -0.370. The highest BCUT2D eigenvalue weighted by Crippen LogP contribution is 2.29. The number of carbonyl (C=O) groups is 1. The molecule has 1 amide bonds. The summed E-state index contributed by atoms with van der Waals surface area (Å²) in [6.45, 7) is 1.68. The molecular weight excluding hydrogens is 290 g/mol. The van der Waals surface area contributed by atoms with Gasteiger partial charge in [0.2, 0.25) is 15.9 Å². The van der Waals surface area contributed by atoms with Gasteiger partial charge in [0.05, 0.1) is 0 Å². The summed E-state index contributed by atoms with van der Waals surface area (Å²) in [5.74, 6) is -0.423. The zero-order chi connectivity index (χ0) is 14.0. The number of hydrogen-bond donors (Lipinski definition) is 2. The number of rotatable bonds is 5. The van der Waals surface area contributed by atoms with Gasteiger partial charge >= 0.3 is 0 Å². The van der Waals surface area contributed by atoms with Crippen LogP contribution in [0.1, 0.15) is 32.6 Å². The molecule has 0 bridgehead atoms. The minimum absolute atomic E-state index is 0. The minimum atomic E-state index is -3.68. The average Bonchev–Trinajstić information content (AvgIpc) is 2.75. The molecule has 1 saturated carbocycles. The highest BCUT2D eigenvalue weighted by atomic mass is 35.5. The molecule has 114 valence electrons. The monoisotopic (exact) mass is 313 g/mol. The van der Waals surface area contributed by atoms with E-state index >= 15 is 0 Å². The second-order valence-electron chi connectivity index (χ2n) is 5.21. The molecule has 0 spiro atoms. The van der Waals surface area contributed by atoms with E-state index in [0.29, 0.717) is 0 Å². The van der Waals surface area contributed by atoms with E-state index in [-0.39, 0.29) is 19.0 Å². The number of amides is 1. The molecule has 1 aliphatic carbocycles. The summed E-state index contributed by atoms with van der Waals surface area (Å²) < 4.78 is 27.0. The Morgan fingerprint density at radius 2 is 1.84 bits per heavy atom. The van der Waals surface area contributed by atoms with E-state index in [2.05, 4.69) is 4.72 Å². The molecule has 0 heterocycles. The highest BCUT2D eigenvalue weighted by molar-refractivity contribution is 7.90. The van der Waals surface area contributed by atoms with Crippen LogP contribution in [-0.2, 0) is 14.8 Å². The first kappa shape index (κ1) is 18.6. The summed E-state index contributed by atoms with van der Waals surface area (Å²) in [4.78, 5) is 13.0. The van der Waals surface area contributed by atoms with Crippen molar-refractivity contribution in [2.24, 2.45) is 5.73 Å². The molecule has 0 aromatic carbocycles. The molecule has 8 heteroatoms. The molecular formula is C11H24ClN3O3S. The van der Waals surface area contributed by atoms with Crippen molar-refractivity contribution in [2.75, 3.05) is 20.6 Å². The number of sulfonamides is 1. The first-order valence-corrected chi connectivity index (χ1v) is 7.73. The quantitative estimate of drug-likeness (QED) is 0.751. The van der Waals surface area contributed by atoms with Gasteiger partial charge in [-0.15, -0.1) is 12.4 Å². The molecule has 6 nitrogen and oxygen atoms in total. The lowest BCUT2D eigenvalue weighted by atomic mass is 10.0. The Labute approximate surface area is 121 Å². The molecule has 1 unspecified atom stereocenters. The van der Waals surface area contributed by atoms with Crippen molar-refractivity contribution in [3.63, 3.8) is 0 Å². The molecule has 0 aliphatic heterocycles. The Morgan fingerprint density at radius 3 is 2.21 bits per heavy atom. The fraction of sp³-hybridized carbons (Fsp3) is 0.909. The van der Waals surface area contributed by atoms with Gasteiger partial charge in [-0.05, 0) is 19.8 Å². The Kier molecular flexibility index (Phi) is 6.74. The topological polar surface area (TPSA) is 92.5 Å². The van der Waals surface area contributed by atoms with Crippen molar-refractivity contribution in [2.45, 2.75) is 43.4 Å². The van der Waals surface area contributed by atoms with Crippen LogP contribution in [-0.4, -0.2) is 50.7 Å². The zero-order valence-corrected chi connectivity index (χ0v) is 13.3. The highest BCUT2D eigenvalue weighted by Gasteiger charge is 2.40. The fourth-order valence-electron chi connectivity index (χ4n) is 2.29. The summed E-state index contributed by atoms with van der Waals surface area (Å²) in [7, 11) is -0.591. The number of carbonyl (C=O) groups excluding carboxylic acids is 1. The van der Waals surface area contributed by atoms with Gasteiger partial charge < -0.3 is 10.6 Å². The Bertz CT molecular complexity index is 405. The minimum Gasteiger partial charge on any atom is -0.348 e. The molecule has 0 radical (unpaired) electrons. The second kappa shape index (κ2) is 6.88. The van der Waals surface area contributed by atoms with Crippen molar-refractivity contribution < 1.29 is 13.2 Å². The normalized spacial score (nSPS) is 19.6. The van der Waals surface area contributed by atoms with Gasteiger partial charge in [0.15, 0.2) is 5.25 Å². The molecule has 3 N–H and O–H groups in total. The number of nitrogens with zero attached hydrogens (tertiary/aromatic N) is 1. The van der Waals surface area contributed by atoms with Crippen molar-refractivity contribution in [1.29, 1.82) is 0 Å². The predicted octanol–water partition coefficient (Wildman–Crippen LogP) is 0.0758. The Morgan fingerprint density at radius 1 is 1.37 bits per heavy atom. The first-order chi connectivity index (χ1) is 8.24. The van der Waals surface area contributed by atoms with Crippen molar-refractivity contribution >= 4 is 28.3 Å². The van der Waals surface area contributed by atoms with E-state index in [0.717, 1.165) is 25.7 Å². The van der Waals surface area contributed by atoms with Crippen LogP contribution in [0.25, 0.3) is 0 Å². The van der Waals surface area contributed by atoms with E-state index in [9.17, 15) is 13.2 Å². The fourth-order valence-corrected chi connectivity index (χ4v) is 3.83. The maximum absolute atomic E-state index is 12.2. The van der Waals surface area contributed by atoms with Gasteiger partial charge in [0.1, 0.15) is 0 Å². The molecule has 1 rings (SSSR count). The van der Waals surface area contributed by atoms with E-state index in [4.69, 9.17) is 5.73 Å². The summed E-state index contributed by atoms with van der Waals surface area (Å²) in [6.07, 6.45) is 3.42. The van der Waals surface area contributed by atoms with Crippen LogP contribution in [0.2, 0.25) is 0 Å². The summed E-state index contributed by atoms with van der Waals surface area (Å²) in [5.41, 5.74) is 5.13. The zero-order valence-electron chi connectivity index (χ0n) is 11.7. The van der Waals surface area contributed by atoms with Crippen molar-refractivity contribution in [3.05, 3.63) is 0 Å². The van der Waals surface area contributed by atoms with Gasteiger partial charge in [-0.25, -0.2) is 13.1 Å². The lowest BCUT2D eigenvalue weighted by Crippen LogP contribution is -2.55. The third-order valence-electron chi connectivity index (χ3n) is 3.56. The number of nitrogens with two attached hydrogens (primary N) is 1. The predicted molar refractivity (Wildman–Crippen MR) is 77.7 cm³/mol. The largest absolute Gasteiger partial charge is 0.348 e. The SMILES string of the molecule is CC(C(=O)N(C)C)S(=O)(=O)NC1(CN)CCCC1.Cl. The van der Waals surface area contributed by atoms with Crippen LogP contribution in [0.3, 0.4) is 0 Å². The van der Waals surface area contributed by atoms with Gasteiger partial charge in [-0.2, -0.15) is 0 Å². The second-order valence-corrected chi connectivity index (χ2v) is 7.21. The van der Waals surface area contributed by atoms with Gasteiger partial charge in [-0.1, -0.05) is 12.8 Å². The van der Waals surface area contributed by atoms with E-state index in [1.807, 2.05) is 0 Å². The maximum atomic E-state index is 12.2. The molecule has 1 atom stereocenters. The lowest BCUT2D eigenvalue weighted by molar-refractivity contribution is -0.127. The number of nitrogens with one attached hydrogen (secondary N) is 1. The summed E-state index contributed by atoms with van der Waals surface area (Å²) in [5, 5.41) is -1.09. The summed E-state index contributed by atoms with van der Waals surface area (Å²) >= 11 is 0. The smallest absolute Gasteiger partial charge is 0.241 e. The Balaban J connectivity index is 0.00000324. The van der Waals surface area contributed by atoms with Crippen LogP contribution in [0.4, 0.5) is 0 Å². The van der Waals surface area contributed by atoms with Crippen LogP contribution in [0.15, 0.2) is 0 Å². The molecule has 0 aromatic rings. The first-order valence-electron chi connectivity index (χ1n) is 6.18. The third kappa shape index (κ3) is 4.30. The van der Waals surface area contributed by atoms with Gasteiger partial charge in [0, 0.05) is 26.2 Å². The lowest BCUT2D eigenvalue weighted by Gasteiger charge is -2.30. The van der Waals surface area contributed by atoms with Gasteiger partial charge in [-0.3, -0.25) is 4.79 Å². The average molecular weight is 314 g/mol. The third-order valence-corrected chi connectivity index (χ3v) is 5.41. The number of halogens is 1. The molecule has 0 aromatic heterocycles. The van der Waals surface area contributed by atoms with E-state index in [1.54, 1.807) is 14.1 Å². The van der Waals surface area contributed by atoms with Crippen molar-refractivity contribution in [1.82, 2.24) is 9.62 Å². The van der Waals surface area contributed by atoms with Crippen molar-refractivity contribution in [3.8, 4) is 0 Å². The maximum Gasteiger partial charge on any atom is 0.241 e. The van der Waals surface area contributed by atoms with E-state index in [1.165, 1.54) is 11.8 Å². The molecule has 0 saturated heterocycles. The number of hydrogen-bond acceptors (Lipinski definition) is 4. The molecule has 1 aliphatic rings.